The molecule has 1 N–H and O–H groups in total. The molecule has 26 heavy (non-hydrogen) atoms. The number of rotatable bonds is 7. The molecular formula is C18H25N5O2S. The van der Waals surface area contributed by atoms with Crippen LogP contribution < -0.4 is 9.62 Å². The molecule has 0 aliphatic carbocycles. The molecule has 0 amide bonds. The maximum absolute atomic E-state index is 12.2. The SMILES string of the molecule is CCN1CCN(c2ccc(NS(=O)(=O)CCc3ccccc3)nn2)CC1. The van der Waals surface area contributed by atoms with Crippen molar-refractivity contribution in [2.45, 2.75) is 13.3 Å². The fourth-order valence-electron chi connectivity index (χ4n) is 2.95. The van der Waals surface area contributed by atoms with E-state index in [1.54, 1.807) is 6.07 Å². The van der Waals surface area contributed by atoms with Crippen LogP contribution in [0.1, 0.15) is 12.5 Å². The molecule has 0 unspecified atom stereocenters. The van der Waals surface area contributed by atoms with Crippen molar-refractivity contribution >= 4 is 21.7 Å². The highest BCUT2D eigenvalue weighted by atomic mass is 32.2. The molecule has 0 radical (unpaired) electrons. The Labute approximate surface area is 155 Å². The first-order valence-corrected chi connectivity index (χ1v) is 10.6. The van der Waals surface area contributed by atoms with Crippen LogP contribution in [0.15, 0.2) is 42.5 Å². The van der Waals surface area contributed by atoms with E-state index in [0.29, 0.717) is 6.42 Å². The standard InChI is InChI=1S/C18H25N5O2S/c1-2-22-11-13-23(14-12-22)18-9-8-17(19-20-18)21-26(24,25)15-10-16-6-4-3-5-7-16/h3-9H,2,10-15H2,1H3,(H,19,21). The lowest BCUT2D eigenvalue weighted by Crippen LogP contribution is -2.46. The molecule has 1 fully saturated rings. The number of benzene rings is 1. The lowest BCUT2D eigenvalue weighted by molar-refractivity contribution is 0.270. The number of nitrogens with one attached hydrogen (secondary N) is 1. The van der Waals surface area contributed by atoms with E-state index < -0.39 is 10.0 Å². The number of aromatic nitrogens is 2. The van der Waals surface area contributed by atoms with Gasteiger partial charge in [-0.15, -0.1) is 10.2 Å². The lowest BCUT2D eigenvalue weighted by atomic mass is 10.2. The van der Waals surface area contributed by atoms with E-state index in [0.717, 1.165) is 44.1 Å². The Morgan fingerprint density at radius 3 is 2.35 bits per heavy atom. The van der Waals surface area contributed by atoms with Crippen LogP contribution >= 0.6 is 0 Å². The van der Waals surface area contributed by atoms with Crippen molar-refractivity contribution in [1.29, 1.82) is 0 Å². The fraction of sp³-hybridized carbons (Fsp3) is 0.444. The summed E-state index contributed by atoms with van der Waals surface area (Å²) >= 11 is 0. The summed E-state index contributed by atoms with van der Waals surface area (Å²) in [6.45, 7) is 7.05. The van der Waals surface area contributed by atoms with E-state index >= 15 is 0 Å². The number of nitrogens with zero attached hydrogens (tertiary/aromatic N) is 4. The summed E-state index contributed by atoms with van der Waals surface area (Å²) in [6, 6.07) is 13.1. The van der Waals surface area contributed by atoms with Gasteiger partial charge in [0.2, 0.25) is 10.0 Å². The van der Waals surface area contributed by atoms with E-state index in [-0.39, 0.29) is 11.6 Å². The summed E-state index contributed by atoms with van der Waals surface area (Å²) in [5.74, 6) is 1.06. The zero-order chi connectivity index (χ0) is 18.4. The predicted molar refractivity (Wildman–Crippen MR) is 104 cm³/mol. The third-order valence-electron chi connectivity index (χ3n) is 4.56. The summed E-state index contributed by atoms with van der Waals surface area (Å²) in [6.07, 6.45) is 0.462. The number of aryl methyl sites for hydroxylation is 1. The number of piperazine rings is 1. The van der Waals surface area contributed by atoms with Crippen molar-refractivity contribution in [3.05, 3.63) is 48.0 Å². The van der Waals surface area contributed by atoms with Gasteiger partial charge >= 0.3 is 0 Å². The van der Waals surface area contributed by atoms with Gasteiger partial charge in [0.05, 0.1) is 5.75 Å². The molecule has 2 heterocycles. The van der Waals surface area contributed by atoms with Gasteiger partial charge in [-0.3, -0.25) is 4.72 Å². The second-order valence-electron chi connectivity index (χ2n) is 6.35. The Hall–Kier alpha value is -2.19. The van der Waals surface area contributed by atoms with Crippen LogP contribution in [0.25, 0.3) is 0 Å². The second kappa shape index (κ2) is 8.46. The molecule has 1 aliphatic heterocycles. The van der Waals surface area contributed by atoms with Crippen LogP contribution in [0, 0.1) is 0 Å². The van der Waals surface area contributed by atoms with Crippen LogP contribution in [0.3, 0.4) is 0 Å². The molecule has 0 atom stereocenters. The molecule has 1 aromatic heterocycles. The lowest BCUT2D eigenvalue weighted by Gasteiger charge is -2.34. The smallest absolute Gasteiger partial charge is 0.234 e. The normalized spacial score (nSPS) is 15.8. The van der Waals surface area contributed by atoms with E-state index in [9.17, 15) is 8.42 Å². The van der Waals surface area contributed by atoms with E-state index in [4.69, 9.17) is 0 Å². The van der Waals surface area contributed by atoms with Gasteiger partial charge in [-0.2, -0.15) is 0 Å². The minimum absolute atomic E-state index is 0.0133. The van der Waals surface area contributed by atoms with E-state index in [1.807, 2.05) is 36.4 Å². The molecule has 1 aromatic carbocycles. The van der Waals surface area contributed by atoms with Gasteiger partial charge in [-0.1, -0.05) is 37.3 Å². The maximum Gasteiger partial charge on any atom is 0.234 e. The van der Waals surface area contributed by atoms with Crippen molar-refractivity contribution < 1.29 is 8.42 Å². The molecule has 0 bridgehead atoms. The molecule has 8 heteroatoms. The van der Waals surface area contributed by atoms with Gasteiger partial charge in [-0.05, 0) is 30.7 Å². The molecule has 1 aliphatic rings. The van der Waals surface area contributed by atoms with E-state index in [1.165, 1.54) is 0 Å². The average Bonchev–Trinajstić information content (AvgIpc) is 2.68. The highest BCUT2D eigenvalue weighted by Gasteiger charge is 2.18. The Balaban J connectivity index is 1.55. The molecule has 7 nitrogen and oxygen atoms in total. The first-order valence-electron chi connectivity index (χ1n) is 8.91. The van der Waals surface area contributed by atoms with Crippen molar-refractivity contribution in [2.75, 3.05) is 48.1 Å². The van der Waals surface area contributed by atoms with Crippen LogP contribution in [-0.4, -0.2) is 62.0 Å². The quantitative estimate of drug-likeness (QED) is 0.792. The zero-order valence-electron chi connectivity index (χ0n) is 15.0. The number of sulfonamides is 1. The van der Waals surface area contributed by atoms with Crippen LogP contribution in [-0.2, 0) is 16.4 Å². The monoisotopic (exact) mass is 375 g/mol. The van der Waals surface area contributed by atoms with E-state index in [2.05, 4.69) is 31.6 Å². The van der Waals surface area contributed by atoms with Gasteiger partial charge in [-0.25, -0.2) is 8.42 Å². The summed E-state index contributed by atoms with van der Waals surface area (Å²) in [4.78, 5) is 4.56. The number of anilines is 2. The van der Waals surface area contributed by atoms with Crippen LogP contribution in [0.5, 0.6) is 0 Å². The third-order valence-corrected chi connectivity index (χ3v) is 5.82. The minimum Gasteiger partial charge on any atom is -0.353 e. The number of hydrogen-bond acceptors (Lipinski definition) is 6. The van der Waals surface area contributed by atoms with Gasteiger partial charge in [0, 0.05) is 26.2 Å². The average molecular weight is 375 g/mol. The van der Waals surface area contributed by atoms with Gasteiger partial charge in [0.15, 0.2) is 11.6 Å². The fourth-order valence-corrected chi connectivity index (χ4v) is 3.98. The Morgan fingerprint density at radius 2 is 1.73 bits per heavy atom. The first kappa shape index (κ1) is 18.6. The number of hydrogen-bond donors (Lipinski definition) is 1. The van der Waals surface area contributed by atoms with Crippen molar-refractivity contribution in [3.8, 4) is 0 Å². The summed E-state index contributed by atoms with van der Waals surface area (Å²) in [7, 11) is -3.45. The van der Waals surface area contributed by atoms with Gasteiger partial charge in [0.1, 0.15) is 0 Å². The predicted octanol–water partition coefficient (Wildman–Crippen LogP) is 1.60. The zero-order valence-corrected chi connectivity index (χ0v) is 15.8. The van der Waals surface area contributed by atoms with Crippen molar-refractivity contribution in [1.82, 2.24) is 15.1 Å². The van der Waals surface area contributed by atoms with Gasteiger partial charge in [0.25, 0.3) is 0 Å². The van der Waals surface area contributed by atoms with Crippen LogP contribution in [0.4, 0.5) is 11.6 Å². The topological polar surface area (TPSA) is 78.4 Å². The maximum atomic E-state index is 12.2. The summed E-state index contributed by atoms with van der Waals surface area (Å²) in [5.41, 5.74) is 0.991. The third kappa shape index (κ3) is 5.15. The minimum atomic E-state index is -3.45. The molecule has 3 rings (SSSR count). The summed E-state index contributed by atoms with van der Waals surface area (Å²) in [5, 5.41) is 8.22. The molecule has 0 saturated carbocycles. The van der Waals surface area contributed by atoms with Gasteiger partial charge < -0.3 is 9.80 Å². The second-order valence-corrected chi connectivity index (χ2v) is 8.20. The highest BCUT2D eigenvalue weighted by molar-refractivity contribution is 7.92. The first-order chi connectivity index (χ1) is 12.6. The molecular weight excluding hydrogens is 350 g/mol. The van der Waals surface area contributed by atoms with Crippen molar-refractivity contribution in [2.24, 2.45) is 0 Å². The van der Waals surface area contributed by atoms with Crippen LogP contribution in [0.2, 0.25) is 0 Å². The highest BCUT2D eigenvalue weighted by Crippen LogP contribution is 2.15. The largest absolute Gasteiger partial charge is 0.353 e. The molecule has 140 valence electrons. The number of likely N-dealkylation sites (N-methyl/N-ethyl adjacent to an activating group) is 1. The molecule has 1 saturated heterocycles. The van der Waals surface area contributed by atoms with Crippen molar-refractivity contribution in [3.63, 3.8) is 0 Å². The Kier molecular flexibility index (Phi) is 6.05. The molecule has 0 spiro atoms. The molecule has 2 aromatic rings. The Bertz CT molecular complexity index is 788. The summed E-state index contributed by atoms with van der Waals surface area (Å²) < 4.78 is 27.0. The Morgan fingerprint density at radius 1 is 1.00 bits per heavy atom.